The molecule has 0 N–H and O–H groups in total. The van der Waals surface area contributed by atoms with Crippen molar-refractivity contribution in [3.8, 4) is 11.6 Å². The van der Waals surface area contributed by atoms with Crippen LogP contribution in [-0.4, -0.2) is 34.8 Å². The largest absolute Gasteiger partial charge is 0.491 e. The van der Waals surface area contributed by atoms with E-state index in [4.69, 9.17) is 9.47 Å². The number of rotatable bonds is 7. The van der Waals surface area contributed by atoms with E-state index in [0.29, 0.717) is 41.7 Å². The zero-order valence-electron chi connectivity index (χ0n) is 15.7. The van der Waals surface area contributed by atoms with E-state index in [9.17, 15) is 4.79 Å². The summed E-state index contributed by atoms with van der Waals surface area (Å²) in [7, 11) is 1.53. The Kier molecular flexibility index (Phi) is 5.91. The molecular formula is C20H27N3O3. The number of aromatic nitrogens is 3. The summed E-state index contributed by atoms with van der Waals surface area (Å²) in [6.07, 6.45) is 8.95. The van der Waals surface area contributed by atoms with Crippen LogP contribution in [0.3, 0.4) is 0 Å². The lowest BCUT2D eigenvalue weighted by molar-refractivity contribution is 0.111. The Labute approximate surface area is 154 Å². The fourth-order valence-electron chi connectivity index (χ4n) is 3.81. The molecular weight excluding hydrogens is 330 g/mol. The van der Waals surface area contributed by atoms with Crippen molar-refractivity contribution >= 4 is 6.29 Å². The van der Waals surface area contributed by atoms with Crippen molar-refractivity contribution < 1.29 is 14.3 Å². The highest BCUT2D eigenvalue weighted by atomic mass is 16.5. The molecule has 140 valence electrons. The van der Waals surface area contributed by atoms with Gasteiger partial charge in [-0.05, 0) is 32.8 Å². The second-order valence-electron chi connectivity index (χ2n) is 7.14. The maximum absolute atomic E-state index is 11.3. The molecule has 0 aromatic carbocycles. The number of methoxy groups -OCH3 is 1. The van der Waals surface area contributed by atoms with Gasteiger partial charge in [-0.2, -0.15) is 5.10 Å². The van der Waals surface area contributed by atoms with E-state index in [1.54, 1.807) is 12.3 Å². The maximum atomic E-state index is 11.3. The van der Waals surface area contributed by atoms with E-state index in [0.717, 1.165) is 19.1 Å². The number of nitrogens with zero attached hydrogens (tertiary/aromatic N) is 3. The Bertz CT molecular complexity index is 742. The van der Waals surface area contributed by atoms with E-state index in [2.05, 4.69) is 34.7 Å². The summed E-state index contributed by atoms with van der Waals surface area (Å²) < 4.78 is 13.2. The molecule has 3 rings (SSSR count). The minimum Gasteiger partial charge on any atom is -0.491 e. The van der Waals surface area contributed by atoms with Gasteiger partial charge in [0.15, 0.2) is 6.29 Å². The lowest BCUT2D eigenvalue weighted by Crippen LogP contribution is -2.26. The molecule has 1 aliphatic rings. The highest BCUT2D eigenvalue weighted by Crippen LogP contribution is 2.39. The van der Waals surface area contributed by atoms with Crippen LogP contribution in [0.25, 0.3) is 0 Å². The van der Waals surface area contributed by atoms with E-state index < -0.39 is 0 Å². The minimum absolute atomic E-state index is 0.343. The van der Waals surface area contributed by atoms with Crippen LogP contribution in [0.1, 0.15) is 67.5 Å². The van der Waals surface area contributed by atoms with Crippen molar-refractivity contribution in [1.29, 1.82) is 0 Å². The van der Waals surface area contributed by atoms with Gasteiger partial charge in [0.1, 0.15) is 5.75 Å². The zero-order chi connectivity index (χ0) is 18.5. The fraction of sp³-hybridized carbons (Fsp3) is 0.550. The highest BCUT2D eigenvalue weighted by molar-refractivity contribution is 5.79. The number of carbonyl (C=O) groups excluding carboxylic acids is 1. The summed E-state index contributed by atoms with van der Waals surface area (Å²) in [4.78, 5) is 15.5. The molecule has 2 atom stereocenters. The molecule has 6 heteroatoms. The second-order valence-corrected chi connectivity index (χ2v) is 7.14. The van der Waals surface area contributed by atoms with Crippen LogP contribution in [0.5, 0.6) is 11.6 Å². The smallest absolute Gasteiger partial charge is 0.213 e. The lowest BCUT2D eigenvalue weighted by atomic mass is 9.77. The molecule has 2 aromatic heterocycles. The van der Waals surface area contributed by atoms with Gasteiger partial charge in [-0.15, -0.1) is 0 Å². The third kappa shape index (κ3) is 3.89. The molecule has 26 heavy (non-hydrogen) atoms. The summed E-state index contributed by atoms with van der Waals surface area (Å²) in [6.45, 7) is 4.89. The van der Waals surface area contributed by atoms with Gasteiger partial charge >= 0.3 is 0 Å². The predicted molar refractivity (Wildman–Crippen MR) is 99.0 cm³/mol. The van der Waals surface area contributed by atoms with Crippen molar-refractivity contribution in [2.75, 3.05) is 13.7 Å². The Morgan fingerprint density at radius 1 is 1.35 bits per heavy atom. The van der Waals surface area contributed by atoms with Gasteiger partial charge < -0.3 is 9.47 Å². The van der Waals surface area contributed by atoms with Crippen LogP contribution >= 0.6 is 0 Å². The summed E-state index contributed by atoms with van der Waals surface area (Å²) in [5.41, 5.74) is 1.76. The first-order valence-electron chi connectivity index (χ1n) is 9.29. The molecule has 0 saturated heterocycles. The van der Waals surface area contributed by atoms with Gasteiger partial charge in [0.05, 0.1) is 25.5 Å². The number of hydrogen-bond acceptors (Lipinski definition) is 5. The minimum atomic E-state index is 0.343. The fourth-order valence-corrected chi connectivity index (χ4v) is 3.81. The number of ether oxygens (including phenoxy) is 2. The maximum Gasteiger partial charge on any atom is 0.213 e. The molecule has 1 fully saturated rings. The third-order valence-corrected chi connectivity index (χ3v) is 5.14. The van der Waals surface area contributed by atoms with Crippen LogP contribution in [0, 0.1) is 5.92 Å². The lowest BCUT2D eigenvalue weighted by Gasteiger charge is -2.32. The molecule has 0 amide bonds. The van der Waals surface area contributed by atoms with Gasteiger partial charge in [-0.1, -0.05) is 12.8 Å². The van der Waals surface area contributed by atoms with Gasteiger partial charge in [-0.3, -0.25) is 9.48 Å². The molecule has 0 spiro atoms. The van der Waals surface area contributed by atoms with Crippen LogP contribution in [0.15, 0.2) is 24.5 Å². The van der Waals surface area contributed by atoms with Crippen molar-refractivity contribution in [3.05, 3.63) is 35.8 Å². The van der Waals surface area contributed by atoms with Gasteiger partial charge in [0.2, 0.25) is 5.88 Å². The quantitative estimate of drug-likeness (QED) is 0.700. The third-order valence-electron chi connectivity index (χ3n) is 5.14. The molecule has 2 heterocycles. The van der Waals surface area contributed by atoms with Gasteiger partial charge in [0, 0.05) is 35.8 Å². The monoisotopic (exact) mass is 357 g/mol. The first-order valence-corrected chi connectivity index (χ1v) is 9.29. The van der Waals surface area contributed by atoms with Crippen LogP contribution < -0.4 is 9.47 Å². The van der Waals surface area contributed by atoms with Crippen LogP contribution in [0.4, 0.5) is 0 Å². The normalized spacial score (nSPS) is 20.2. The zero-order valence-corrected chi connectivity index (χ0v) is 15.7. The first-order chi connectivity index (χ1) is 12.6. The summed E-state index contributed by atoms with van der Waals surface area (Å²) in [5, 5.41) is 4.50. The summed E-state index contributed by atoms with van der Waals surface area (Å²) >= 11 is 0. The van der Waals surface area contributed by atoms with Gasteiger partial charge in [-0.25, -0.2) is 4.98 Å². The molecule has 2 aromatic rings. The van der Waals surface area contributed by atoms with Crippen molar-refractivity contribution in [1.82, 2.24) is 14.8 Å². The van der Waals surface area contributed by atoms with Crippen molar-refractivity contribution in [2.45, 2.75) is 51.5 Å². The molecule has 6 nitrogen and oxygen atoms in total. The number of aldehydes is 1. The van der Waals surface area contributed by atoms with E-state index in [1.807, 2.05) is 6.20 Å². The molecule has 0 radical (unpaired) electrons. The summed E-state index contributed by atoms with van der Waals surface area (Å²) in [6, 6.07) is 4.08. The number of carbonyl (C=O) groups is 1. The Hall–Kier alpha value is -2.37. The number of hydrogen-bond donors (Lipinski definition) is 0. The molecule has 0 bridgehead atoms. The van der Waals surface area contributed by atoms with Crippen LogP contribution in [-0.2, 0) is 0 Å². The SMILES string of the molecule is COc1cc(C=O)c(OCC2CCCCC2c2ccnn2C(C)C)cn1. The van der Waals surface area contributed by atoms with Crippen LogP contribution in [0.2, 0.25) is 0 Å². The number of pyridine rings is 1. The Morgan fingerprint density at radius 3 is 2.88 bits per heavy atom. The van der Waals surface area contributed by atoms with E-state index in [-0.39, 0.29) is 0 Å². The first kappa shape index (κ1) is 18.4. The van der Waals surface area contributed by atoms with E-state index in [1.165, 1.54) is 25.6 Å². The Morgan fingerprint density at radius 2 is 2.15 bits per heavy atom. The standard InChI is InChI=1S/C20H27N3O3/c1-14(2)23-18(8-9-22-23)17-7-5-4-6-15(17)13-26-19-11-21-20(25-3)10-16(19)12-24/h8-12,14-15,17H,4-7,13H2,1-3H3. The molecule has 1 aliphatic carbocycles. The summed E-state index contributed by atoms with van der Waals surface area (Å²) in [5.74, 6) is 1.76. The predicted octanol–water partition coefficient (Wildman–Crippen LogP) is 4.03. The topological polar surface area (TPSA) is 66.2 Å². The van der Waals surface area contributed by atoms with E-state index >= 15 is 0 Å². The molecule has 2 unspecified atom stereocenters. The second kappa shape index (κ2) is 8.34. The van der Waals surface area contributed by atoms with Crippen molar-refractivity contribution in [2.24, 2.45) is 5.92 Å². The molecule has 0 aliphatic heterocycles. The Balaban J connectivity index is 1.75. The average Bonchev–Trinajstić information content (AvgIpc) is 3.16. The van der Waals surface area contributed by atoms with Gasteiger partial charge in [0.25, 0.3) is 0 Å². The van der Waals surface area contributed by atoms with Crippen molar-refractivity contribution in [3.63, 3.8) is 0 Å². The molecule has 1 saturated carbocycles. The average molecular weight is 357 g/mol. The highest BCUT2D eigenvalue weighted by Gasteiger charge is 2.30.